The van der Waals surface area contributed by atoms with Gasteiger partial charge < -0.3 is 15.8 Å². The SMILES string of the molecule is CCNc1nc(N)c2nc(Br)n(Cc3ccc(C(=O)OC)cc3)c2n1. The standard InChI is InChI=1S/C16H17BrN6O2/c1-3-19-16-21-12(18)11-13(22-16)23(15(17)20-11)8-9-4-6-10(7-5-9)14(24)25-2/h4-7H,3,8H2,1-2H3,(H3,18,19,21,22). The Morgan fingerprint density at radius 3 is 2.64 bits per heavy atom. The number of nitrogens with one attached hydrogen (secondary N) is 1. The summed E-state index contributed by atoms with van der Waals surface area (Å²) in [5.74, 6) is 0.417. The first-order valence-electron chi connectivity index (χ1n) is 7.63. The van der Waals surface area contributed by atoms with E-state index in [1.165, 1.54) is 7.11 Å². The van der Waals surface area contributed by atoms with E-state index in [1.807, 2.05) is 23.6 Å². The molecule has 0 bridgehead atoms. The third kappa shape index (κ3) is 3.41. The van der Waals surface area contributed by atoms with Crippen LogP contribution in [0.4, 0.5) is 11.8 Å². The molecule has 0 aliphatic heterocycles. The summed E-state index contributed by atoms with van der Waals surface area (Å²) in [7, 11) is 1.36. The molecule has 0 amide bonds. The molecule has 0 aliphatic carbocycles. The summed E-state index contributed by atoms with van der Waals surface area (Å²) in [6, 6.07) is 7.17. The summed E-state index contributed by atoms with van der Waals surface area (Å²) in [5.41, 5.74) is 8.65. The molecule has 2 aromatic heterocycles. The van der Waals surface area contributed by atoms with Crippen molar-refractivity contribution in [2.75, 3.05) is 24.7 Å². The van der Waals surface area contributed by atoms with Gasteiger partial charge >= 0.3 is 5.97 Å². The van der Waals surface area contributed by atoms with Crippen LogP contribution in [0.3, 0.4) is 0 Å². The number of halogens is 1. The lowest BCUT2D eigenvalue weighted by Crippen LogP contribution is -2.07. The molecule has 0 saturated carbocycles. The molecular weight excluding hydrogens is 388 g/mol. The van der Waals surface area contributed by atoms with Crippen LogP contribution in [0.1, 0.15) is 22.8 Å². The first-order chi connectivity index (χ1) is 12.0. The lowest BCUT2D eigenvalue weighted by atomic mass is 10.1. The first kappa shape index (κ1) is 17.2. The molecule has 0 radical (unpaired) electrons. The zero-order valence-corrected chi connectivity index (χ0v) is 15.4. The maximum atomic E-state index is 11.5. The lowest BCUT2D eigenvalue weighted by molar-refractivity contribution is 0.0600. The molecule has 0 fully saturated rings. The maximum Gasteiger partial charge on any atom is 0.337 e. The van der Waals surface area contributed by atoms with E-state index in [9.17, 15) is 4.79 Å². The largest absolute Gasteiger partial charge is 0.465 e. The molecule has 0 atom stereocenters. The summed E-state index contributed by atoms with van der Waals surface area (Å²) >= 11 is 3.45. The summed E-state index contributed by atoms with van der Waals surface area (Å²) in [6.45, 7) is 3.16. The molecule has 9 heteroatoms. The highest BCUT2D eigenvalue weighted by Crippen LogP contribution is 2.24. The van der Waals surface area contributed by atoms with Crippen molar-refractivity contribution in [2.24, 2.45) is 0 Å². The summed E-state index contributed by atoms with van der Waals surface area (Å²) < 4.78 is 7.20. The Hall–Kier alpha value is -2.68. The fourth-order valence-electron chi connectivity index (χ4n) is 2.42. The number of aromatic nitrogens is 4. The summed E-state index contributed by atoms with van der Waals surface area (Å²) in [6.07, 6.45) is 0. The number of methoxy groups -OCH3 is 1. The Morgan fingerprint density at radius 2 is 2.00 bits per heavy atom. The smallest absolute Gasteiger partial charge is 0.337 e. The van der Waals surface area contributed by atoms with Crippen LogP contribution in [0.25, 0.3) is 11.2 Å². The second-order valence-corrected chi connectivity index (χ2v) is 6.00. The highest BCUT2D eigenvalue weighted by Gasteiger charge is 2.15. The van der Waals surface area contributed by atoms with E-state index in [-0.39, 0.29) is 5.97 Å². The number of imidazole rings is 1. The minimum Gasteiger partial charge on any atom is -0.465 e. The van der Waals surface area contributed by atoms with Crippen LogP contribution < -0.4 is 11.1 Å². The van der Waals surface area contributed by atoms with Gasteiger partial charge in [-0.2, -0.15) is 9.97 Å². The Balaban J connectivity index is 1.97. The van der Waals surface area contributed by atoms with Gasteiger partial charge in [-0.25, -0.2) is 9.78 Å². The fraction of sp³-hybridized carbons (Fsp3) is 0.250. The number of fused-ring (bicyclic) bond motifs is 1. The molecule has 3 aromatic rings. The minimum absolute atomic E-state index is 0.321. The van der Waals surface area contributed by atoms with Gasteiger partial charge in [0.1, 0.15) is 0 Å². The molecule has 2 heterocycles. The number of benzene rings is 1. The van der Waals surface area contributed by atoms with Crippen LogP contribution in [0.15, 0.2) is 29.0 Å². The second-order valence-electron chi connectivity index (χ2n) is 5.29. The van der Waals surface area contributed by atoms with Gasteiger partial charge in [0.25, 0.3) is 0 Å². The quantitative estimate of drug-likeness (QED) is 0.496. The van der Waals surface area contributed by atoms with Gasteiger partial charge in [-0.05, 0) is 40.5 Å². The summed E-state index contributed by atoms with van der Waals surface area (Å²) in [5, 5.41) is 3.06. The van der Waals surface area contributed by atoms with Crippen molar-refractivity contribution in [1.82, 2.24) is 19.5 Å². The van der Waals surface area contributed by atoms with Gasteiger partial charge in [0, 0.05) is 6.54 Å². The van der Waals surface area contributed by atoms with E-state index < -0.39 is 0 Å². The minimum atomic E-state index is -0.364. The zero-order valence-electron chi connectivity index (χ0n) is 13.8. The van der Waals surface area contributed by atoms with Crippen molar-refractivity contribution < 1.29 is 9.53 Å². The summed E-state index contributed by atoms with van der Waals surface area (Å²) in [4.78, 5) is 24.6. The van der Waals surface area contributed by atoms with Gasteiger partial charge in [-0.15, -0.1) is 0 Å². The molecule has 0 aliphatic rings. The number of esters is 1. The Labute approximate surface area is 152 Å². The van der Waals surface area contributed by atoms with Gasteiger partial charge in [-0.1, -0.05) is 12.1 Å². The van der Waals surface area contributed by atoms with Crippen LogP contribution in [-0.2, 0) is 11.3 Å². The molecule has 3 N–H and O–H groups in total. The Morgan fingerprint density at radius 1 is 1.28 bits per heavy atom. The molecule has 1 aromatic carbocycles. The number of hydrogen-bond acceptors (Lipinski definition) is 7. The van der Waals surface area contributed by atoms with Gasteiger partial charge in [0.2, 0.25) is 5.95 Å². The molecule has 0 unspecified atom stereocenters. The average molecular weight is 405 g/mol. The molecule has 0 saturated heterocycles. The number of ether oxygens (including phenoxy) is 1. The topological polar surface area (TPSA) is 108 Å². The monoisotopic (exact) mass is 404 g/mol. The third-order valence-corrected chi connectivity index (χ3v) is 4.23. The number of rotatable bonds is 5. The van der Waals surface area contributed by atoms with Crippen molar-refractivity contribution in [3.8, 4) is 0 Å². The molecular formula is C16H17BrN6O2. The van der Waals surface area contributed by atoms with Crippen molar-refractivity contribution in [3.63, 3.8) is 0 Å². The van der Waals surface area contributed by atoms with Crippen LogP contribution in [0.5, 0.6) is 0 Å². The number of hydrogen-bond donors (Lipinski definition) is 2. The van der Waals surface area contributed by atoms with E-state index in [4.69, 9.17) is 10.5 Å². The van der Waals surface area contributed by atoms with E-state index in [0.29, 0.717) is 46.3 Å². The number of nitrogen functional groups attached to an aromatic ring is 1. The van der Waals surface area contributed by atoms with Crippen LogP contribution in [0.2, 0.25) is 0 Å². The average Bonchev–Trinajstić information content (AvgIpc) is 2.92. The zero-order chi connectivity index (χ0) is 18.0. The molecule has 0 spiro atoms. The molecule has 130 valence electrons. The van der Waals surface area contributed by atoms with Crippen molar-refractivity contribution in [2.45, 2.75) is 13.5 Å². The predicted octanol–water partition coefficient (Wildman–Crippen LogP) is 2.44. The number of nitrogens with two attached hydrogens (primary N) is 1. The molecule has 3 rings (SSSR count). The van der Waals surface area contributed by atoms with E-state index in [2.05, 4.69) is 36.2 Å². The fourth-order valence-corrected chi connectivity index (χ4v) is 2.89. The molecule has 8 nitrogen and oxygen atoms in total. The number of anilines is 2. The highest BCUT2D eigenvalue weighted by molar-refractivity contribution is 9.10. The number of carbonyl (C=O) groups excluding carboxylic acids is 1. The normalized spacial score (nSPS) is 10.8. The van der Waals surface area contributed by atoms with Gasteiger partial charge in [0.05, 0.1) is 19.2 Å². The van der Waals surface area contributed by atoms with Crippen LogP contribution >= 0.6 is 15.9 Å². The van der Waals surface area contributed by atoms with Gasteiger partial charge in [-0.3, -0.25) is 4.57 Å². The van der Waals surface area contributed by atoms with E-state index in [0.717, 1.165) is 5.56 Å². The first-order valence-corrected chi connectivity index (χ1v) is 8.43. The van der Waals surface area contributed by atoms with Crippen molar-refractivity contribution >= 4 is 44.8 Å². The third-order valence-electron chi connectivity index (χ3n) is 3.63. The second kappa shape index (κ2) is 7.06. The molecule has 25 heavy (non-hydrogen) atoms. The highest BCUT2D eigenvalue weighted by atomic mass is 79.9. The van der Waals surface area contributed by atoms with Crippen LogP contribution in [0, 0.1) is 0 Å². The van der Waals surface area contributed by atoms with Crippen molar-refractivity contribution in [3.05, 3.63) is 40.1 Å². The van der Waals surface area contributed by atoms with Crippen LogP contribution in [-0.4, -0.2) is 39.1 Å². The lowest BCUT2D eigenvalue weighted by Gasteiger charge is -2.08. The Kier molecular flexibility index (Phi) is 4.84. The number of carbonyl (C=O) groups is 1. The van der Waals surface area contributed by atoms with E-state index >= 15 is 0 Å². The predicted molar refractivity (Wildman–Crippen MR) is 98.5 cm³/mol. The number of nitrogens with zero attached hydrogens (tertiary/aromatic N) is 4. The van der Waals surface area contributed by atoms with Gasteiger partial charge in [0.15, 0.2) is 21.7 Å². The Bertz CT molecular complexity index is 923. The maximum absolute atomic E-state index is 11.5. The van der Waals surface area contributed by atoms with Crippen molar-refractivity contribution in [1.29, 1.82) is 0 Å². The van der Waals surface area contributed by atoms with E-state index in [1.54, 1.807) is 12.1 Å².